The van der Waals surface area contributed by atoms with E-state index >= 15 is 0 Å². The van der Waals surface area contributed by atoms with Gasteiger partial charge in [-0.2, -0.15) is 4.31 Å². The van der Waals surface area contributed by atoms with Gasteiger partial charge in [0.05, 0.1) is 31.2 Å². The van der Waals surface area contributed by atoms with Crippen LogP contribution in [0, 0.1) is 5.82 Å². The van der Waals surface area contributed by atoms with Crippen molar-refractivity contribution in [2.75, 3.05) is 57.6 Å². The molecule has 174 valence electrons. The van der Waals surface area contributed by atoms with E-state index < -0.39 is 10.0 Å². The van der Waals surface area contributed by atoms with E-state index in [9.17, 15) is 17.6 Å². The third-order valence-electron chi connectivity index (χ3n) is 5.34. The Hall–Kier alpha value is -2.85. The monoisotopic (exact) mass is 465 g/mol. The molecule has 8 nitrogen and oxygen atoms in total. The minimum Gasteiger partial charge on any atom is -0.493 e. The molecular weight excluding hydrogens is 437 g/mol. The van der Waals surface area contributed by atoms with Gasteiger partial charge in [-0.25, -0.2) is 12.8 Å². The van der Waals surface area contributed by atoms with Crippen LogP contribution in [-0.2, 0) is 10.0 Å². The van der Waals surface area contributed by atoms with Crippen LogP contribution in [0.25, 0.3) is 0 Å². The predicted molar refractivity (Wildman–Crippen MR) is 120 cm³/mol. The van der Waals surface area contributed by atoms with Gasteiger partial charge in [-0.05, 0) is 30.7 Å². The molecule has 32 heavy (non-hydrogen) atoms. The summed E-state index contributed by atoms with van der Waals surface area (Å²) in [6.45, 7) is 1.64. The van der Waals surface area contributed by atoms with Crippen LogP contribution in [0.15, 0.2) is 42.5 Å². The number of amides is 1. The van der Waals surface area contributed by atoms with Crippen molar-refractivity contribution in [2.24, 2.45) is 0 Å². The minimum absolute atomic E-state index is 0.0811. The van der Waals surface area contributed by atoms with Crippen molar-refractivity contribution in [1.82, 2.24) is 9.62 Å². The number of halogens is 1. The highest BCUT2D eigenvalue weighted by atomic mass is 32.2. The number of piperazine rings is 1. The molecule has 1 aliphatic heterocycles. The second kappa shape index (κ2) is 10.6. The summed E-state index contributed by atoms with van der Waals surface area (Å²) >= 11 is 0. The molecular formula is C22H28FN3O5S. The Morgan fingerprint density at radius 3 is 2.41 bits per heavy atom. The van der Waals surface area contributed by atoms with Crippen LogP contribution in [0.1, 0.15) is 16.8 Å². The quantitative estimate of drug-likeness (QED) is 0.571. The Morgan fingerprint density at radius 1 is 1.03 bits per heavy atom. The van der Waals surface area contributed by atoms with Gasteiger partial charge >= 0.3 is 0 Å². The number of rotatable bonds is 9. The first kappa shape index (κ1) is 23.8. The molecule has 2 aromatic carbocycles. The number of para-hydroxylation sites is 2. The van der Waals surface area contributed by atoms with Gasteiger partial charge in [0.1, 0.15) is 5.82 Å². The molecule has 1 heterocycles. The molecule has 0 radical (unpaired) electrons. The topological polar surface area (TPSA) is 88.2 Å². The third-order valence-corrected chi connectivity index (χ3v) is 7.29. The lowest BCUT2D eigenvalue weighted by Gasteiger charge is -2.35. The van der Waals surface area contributed by atoms with E-state index in [0.717, 1.165) is 0 Å². The molecule has 0 atom stereocenters. The maximum absolute atomic E-state index is 14.0. The van der Waals surface area contributed by atoms with E-state index in [2.05, 4.69) is 5.32 Å². The zero-order valence-corrected chi connectivity index (χ0v) is 19.0. The molecule has 0 bridgehead atoms. The molecule has 1 amide bonds. The number of methoxy groups -OCH3 is 2. The first-order chi connectivity index (χ1) is 15.4. The van der Waals surface area contributed by atoms with Crippen molar-refractivity contribution < 1.29 is 27.1 Å². The van der Waals surface area contributed by atoms with Crippen molar-refractivity contribution in [3.63, 3.8) is 0 Å². The summed E-state index contributed by atoms with van der Waals surface area (Å²) in [5.41, 5.74) is 0.805. The zero-order chi connectivity index (χ0) is 23.1. The maximum Gasteiger partial charge on any atom is 0.255 e. The summed E-state index contributed by atoms with van der Waals surface area (Å²) < 4.78 is 51.2. The maximum atomic E-state index is 14.0. The smallest absolute Gasteiger partial charge is 0.255 e. The van der Waals surface area contributed by atoms with Crippen LogP contribution in [0.5, 0.6) is 11.5 Å². The van der Waals surface area contributed by atoms with E-state index in [1.807, 2.05) is 4.90 Å². The van der Waals surface area contributed by atoms with Crippen molar-refractivity contribution in [3.8, 4) is 11.5 Å². The van der Waals surface area contributed by atoms with E-state index in [4.69, 9.17) is 9.47 Å². The number of nitrogens with zero attached hydrogens (tertiary/aromatic N) is 2. The summed E-state index contributed by atoms with van der Waals surface area (Å²) in [7, 11) is -0.530. The molecule has 2 aromatic rings. The Morgan fingerprint density at radius 2 is 1.75 bits per heavy atom. The van der Waals surface area contributed by atoms with Gasteiger partial charge in [0.2, 0.25) is 10.0 Å². The molecule has 0 aromatic heterocycles. The van der Waals surface area contributed by atoms with Crippen molar-refractivity contribution in [3.05, 3.63) is 53.8 Å². The van der Waals surface area contributed by atoms with Crippen molar-refractivity contribution in [1.29, 1.82) is 0 Å². The standard InChI is InChI=1S/C22H28FN3O5S/c1-30-20-10-5-7-17(21(20)31-2)22(27)24-11-6-16-32(28,29)26-14-12-25(13-15-26)19-9-4-3-8-18(19)23/h3-5,7-10H,6,11-16H2,1-2H3,(H,24,27). The van der Waals surface area contributed by atoms with E-state index in [1.54, 1.807) is 36.4 Å². The number of carbonyl (C=O) groups excluding carboxylic acids is 1. The number of ether oxygens (including phenoxy) is 2. The fraction of sp³-hybridized carbons (Fsp3) is 0.409. The lowest BCUT2D eigenvalue weighted by Crippen LogP contribution is -2.49. The Kier molecular flexibility index (Phi) is 7.92. The van der Waals surface area contributed by atoms with Crippen LogP contribution >= 0.6 is 0 Å². The van der Waals surface area contributed by atoms with Gasteiger partial charge in [-0.1, -0.05) is 18.2 Å². The van der Waals surface area contributed by atoms with E-state index in [0.29, 0.717) is 48.9 Å². The minimum atomic E-state index is -3.47. The van der Waals surface area contributed by atoms with Crippen LogP contribution in [0.2, 0.25) is 0 Å². The van der Waals surface area contributed by atoms with Gasteiger partial charge in [0.25, 0.3) is 5.91 Å². The van der Waals surface area contributed by atoms with Gasteiger partial charge in [0, 0.05) is 32.7 Å². The molecule has 10 heteroatoms. The lowest BCUT2D eigenvalue weighted by atomic mass is 10.1. The number of nitrogens with one attached hydrogen (secondary N) is 1. The first-order valence-corrected chi connectivity index (χ1v) is 11.9. The molecule has 0 unspecified atom stereocenters. The van der Waals surface area contributed by atoms with Crippen LogP contribution in [0.3, 0.4) is 0 Å². The summed E-state index contributed by atoms with van der Waals surface area (Å²) in [6, 6.07) is 11.5. The molecule has 3 rings (SSSR count). The molecule has 0 saturated carbocycles. The van der Waals surface area contributed by atoms with Gasteiger partial charge in [0.15, 0.2) is 11.5 Å². The number of hydrogen-bond acceptors (Lipinski definition) is 6. The molecule has 1 aliphatic rings. The molecule has 1 N–H and O–H groups in total. The Labute approximate surface area is 188 Å². The molecule has 0 aliphatic carbocycles. The number of hydrogen-bond donors (Lipinski definition) is 1. The zero-order valence-electron chi connectivity index (χ0n) is 18.2. The normalized spacial score (nSPS) is 14.8. The van der Waals surface area contributed by atoms with Crippen molar-refractivity contribution in [2.45, 2.75) is 6.42 Å². The predicted octanol–water partition coefficient (Wildman–Crippen LogP) is 2.11. The highest BCUT2D eigenvalue weighted by Crippen LogP contribution is 2.30. The first-order valence-electron chi connectivity index (χ1n) is 10.3. The summed E-state index contributed by atoms with van der Waals surface area (Å²) in [5.74, 6) is 0.0105. The third kappa shape index (κ3) is 5.49. The average Bonchev–Trinajstić information content (AvgIpc) is 2.81. The van der Waals surface area contributed by atoms with Crippen LogP contribution in [0.4, 0.5) is 10.1 Å². The molecule has 0 spiro atoms. The largest absolute Gasteiger partial charge is 0.493 e. The fourth-order valence-corrected chi connectivity index (χ4v) is 5.15. The number of carbonyl (C=O) groups is 1. The summed E-state index contributed by atoms with van der Waals surface area (Å²) in [5, 5.41) is 2.73. The summed E-state index contributed by atoms with van der Waals surface area (Å²) in [4.78, 5) is 14.3. The second-order valence-electron chi connectivity index (χ2n) is 7.30. The summed E-state index contributed by atoms with van der Waals surface area (Å²) in [6.07, 6.45) is 0.272. The number of anilines is 1. The Balaban J connectivity index is 1.48. The van der Waals surface area contributed by atoms with E-state index in [-0.39, 0.29) is 30.4 Å². The van der Waals surface area contributed by atoms with Gasteiger partial charge < -0.3 is 19.7 Å². The molecule has 1 fully saturated rings. The van der Waals surface area contributed by atoms with Crippen LogP contribution in [-0.4, -0.2) is 71.3 Å². The highest BCUT2D eigenvalue weighted by molar-refractivity contribution is 7.89. The number of benzene rings is 2. The lowest BCUT2D eigenvalue weighted by molar-refractivity contribution is 0.0950. The van der Waals surface area contributed by atoms with Gasteiger partial charge in [-0.3, -0.25) is 4.79 Å². The van der Waals surface area contributed by atoms with E-state index in [1.165, 1.54) is 24.6 Å². The fourth-order valence-electron chi connectivity index (χ4n) is 3.66. The van der Waals surface area contributed by atoms with Gasteiger partial charge in [-0.15, -0.1) is 0 Å². The van der Waals surface area contributed by atoms with Crippen LogP contribution < -0.4 is 19.7 Å². The number of sulfonamides is 1. The average molecular weight is 466 g/mol. The van der Waals surface area contributed by atoms with Crippen molar-refractivity contribution >= 4 is 21.6 Å². The SMILES string of the molecule is COc1cccc(C(=O)NCCCS(=O)(=O)N2CCN(c3ccccc3F)CC2)c1OC. The Bertz CT molecular complexity index is 1040. The molecule has 1 saturated heterocycles. The highest BCUT2D eigenvalue weighted by Gasteiger charge is 2.27. The second-order valence-corrected chi connectivity index (χ2v) is 9.39.